The number of carbonyl (C=O) groups is 3. The standard InChI is InChI=1S/C30H45N5O5S/c1-28(2,3)26(37)40-19-39-18-22(20-13-10-9-11-14-20)31-27(38)35-17-21-23(29(35,4)5)33-34-24(21)32-25(36)30(15-12-16-30)41(6,7)8/h9-11,13-14,22H,12,15-19H2,1-8H3,(H,31,38)(H2,32,33,34,36)/t22-/m1/s1. The van der Waals surface area contributed by atoms with Crippen LogP contribution in [-0.2, 0) is 31.1 Å². The fraction of sp³-hybridized carbons (Fsp3) is 0.600. The van der Waals surface area contributed by atoms with Gasteiger partial charge in [0.25, 0.3) is 0 Å². The summed E-state index contributed by atoms with van der Waals surface area (Å²) in [6.45, 7) is 9.44. The van der Waals surface area contributed by atoms with Crippen molar-refractivity contribution in [2.24, 2.45) is 5.41 Å². The quantitative estimate of drug-likeness (QED) is 0.215. The second-order valence-corrected chi connectivity index (χ2v) is 17.7. The number of urea groups is 1. The summed E-state index contributed by atoms with van der Waals surface area (Å²) < 4.78 is 10.6. The predicted octanol–water partition coefficient (Wildman–Crippen LogP) is 5.03. The van der Waals surface area contributed by atoms with Crippen LogP contribution in [0.5, 0.6) is 0 Å². The van der Waals surface area contributed by atoms with Crippen molar-refractivity contribution < 1.29 is 23.9 Å². The average molecular weight is 588 g/mol. The highest BCUT2D eigenvalue weighted by Gasteiger charge is 2.51. The predicted molar refractivity (Wildman–Crippen MR) is 162 cm³/mol. The Kier molecular flexibility index (Phi) is 8.53. The number of anilines is 1. The van der Waals surface area contributed by atoms with Crippen molar-refractivity contribution in [3.63, 3.8) is 0 Å². The normalized spacial score (nSPS) is 18.6. The SMILES string of the molecule is CC(C)(C)C(=O)OCOC[C@@H](NC(=O)N1Cc2c(NC(=O)C3(S(C)(C)C)CCC3)n[nH]c2C1(C)C)c1ccccc1. The Labute approximate surface area is 244 Å². The van der Waals surface area contributed by atoms with Crippen LogP contribution in [0.25, 0.3) is 0 Å². The summed E-state index contributed by atoms with van der Waals surface area (Å²) in [4.78, 5) is 41.0. The number of hydrogen-bond acceptors (Lipinski definition) is 6. The topological polar surface area (TPSA) is 126 Å². The third kappa shape index (κ3) is 6.11. The molecule has 1 aromatic carbocycles. The molecule has 11 heteroatoms. The number of amides is 3. The van der Waals surface area contributed by atoms with Crippen molar-refractivity contribution in [2.75, 3.05) is 37.5 Å². The number of H-pyrrole nitrogens is 1. The first-order chi connectivity index (χ1) is 19.1. The number of fused-ring (bicyclic) bond motifs is 1. The molecule has 4 rings (SSSR count). The molecule has 10 nitrogen and oxygen atoms in total. The Balaban J connectivity index is 1.46. The molecule has 0 saturated heterocycles. The smallest absolute Gasteiger partial charge is 0.319 e. The molecule has 0 bridgehead atoms. The van der Waals surface area contributed by atoms with E-state index in [2.05, 4.69) is 39.6 Å². The van der Waals surface area contributed by atoms with Crippen molar-refractivity contribution in [1.82, 2.24) is 20.4 Å². The van der Waals surface area contributed by atoms with Crippen LogP contribution in [0.15, 0.2) is 30.3 Å². The highest BCUT2D eigenvalue weighted by atomic mass is 32.3. The van der Waals surface area contributed by atoms with Crippen molar-refractivity contribution in [3.05, 3.63) is 47.2 Å². The average Bonchev–Trinajstić information content (AvgIpc) is 3.36. The molecule has 3 amide bonds. The lowest BCUT2D eigenvalue weighted by molar-refractivity contribution is -0.166. The van der Waals surface area contributed by atoms with E-state index in [0.717, 1.165) is 36.1 Å². The number of nitrogens with one attached hydrogen (secondary N) is 3. The molecule has 1 atom stereocenters. The number of nitrogens with zero attached hydrogens (tertiary/aromatic N) is 2. The Bertz CT molecular complexity index is 1270. The molecule has 1 fully saturated rings. The summed E-state index contributed by atoms with van der Waals surface area (Å²) in [7, 11) is -1.12. The highest BCUT2D eigenvalue weighted by Crippen LogP contribution is 2.60. The van der Waals surface area contributed by atoms with Gasteiger partial charge in [-0.15, -0.1) is 0 Å². The minimum Gasteiger partial charge on any atom is -0.438 e. The van der Waals surface area contributed by atoms with Crippen LogP contribution in [0.3, 0.4) is 0 Å². The third-order valence-electron chi connectivity index (χ3n) is 8.36. The lowest BCUT2D eigenvalue weighted by Gasteiger charge is -2.53. The molecule has 1 saturated carbocycles. The number of aromatic nitrogens is 2. The van der Waals surface area contributed by atoms with E-state index in [4.69, 9.17) is 9.47 Å². The molecule has 41 heavy (non-hydrogen) atoms. The maximum atomic E-state index is 13.7. The van der Waals surface area contributed by atoms with Crippen LogP contribution in [0.4, 0.5) is 10.6 Å². The molecule has 0 radical (unpaired) electrons. The Morgan fingerprint density at radius 2 is 1.78 bits per heavy atom. The first-order valence-corrected chi connectivity index (χ1v) is 16.9. The van der Waals surface area contributed by atoms with Crippen LogP contribution >= 0.6 is 10.0 Å². The number of hydrogen-bond donors (Lipinski definition) is 3. The number of esters is 1. The first kappa shape index (κ1) is 30.9. The second-order valence-electron chi connectivity index (χ2n) is 13.3. The van der Waals surface area contributed by atoms with E-state index in [9.17, 15) is 14.4 Å². The number of ether oxygens (including phenoxy) is 2. The molecule has 1 aliphatic heterocycles. The minimum absolute atomic E-state index is 0.0229. The summed E-state index contributed by atoms with van der Waals surface area (Å²) in [5, 5.41) is 13.7. The summed E-state index contributed by atoms with van der Waals surface area (Å²) >= 11 is 0. The van der Waals surface area contributed by atoms with Crippen molar-refractivity contribution >= 4 is 33.8 Å². The van der Waals surface area contributed by atoms with Crippen molar-refractivity contribution in [1.29, 1.82) is 0 Å². The monoisotopic (exact) mass is 587 g/mol. The zero-order chi connectivity index (χ0) is 30.2. The van der Waals surface area contributed by atoms with Gasteiger partial charge in [0.05, 0.1) is 40.6 Å². The van der Waals surface area contributed by atoms with E-state index >= 15 is 0 Å². The molecule has 226 valence electrons. The van der Waals surface area contributed by atoms with Gasteiger partial charge in [-0.05, 0) is 78.2 Å². The van der Waals surface area contributed by atoms with E-state index in [1.807, 2.05) is 44.2 Å². The van der Waals surface area contributed by atoms with Crippen molar-refractivity contribution in [3.8, 4) is 0 Å². The molecular weight excluding hydrogens is 542 g/mol. The molecule has 1 aliphatic carbocycles. The van der Waals surface area contributed by atoms with Gasteiger partial charge in [-0.2, -0.15) is 5.10 Å². The van der Waals surface area contributed by atoms with Crippen LogP contribution < -0.4 is 10.6 Å². The second kappa shape index (κ2) is 11.3. The van der Waals surface area contributed by atoms with E-state index < -0.39 is 27.0 Å². The first-order valence-electron chi connectivity index (χ1n) is 14.0. The number of benzene rings is 1. The minimum atomic E-state index is -1.12. The summed E-state index contributed by atoms with van der Waals surface area (Å²) in [6, 6.07) is 8.77. The summed E-state index contributed by atoms with van der Waals surface area (Å²) in [5.41, 5.74) is 1.16. The molecule has 0 spiro atoms. The fourth-order valence-corrected chi connectivity index (χ4v) is 7.51. The van der Waals surface area contributed by atoms with Gasteiger partial charge in [-0.1, -0.05) is 30.3 Å². The van der Waals surface area contributed by atoms with E-state index in [0.29, 0.717) is 12.4 Å². The number of rotatable bonds is 9. The lowest BCUT2D eigenvalue weighted by atomic mass is 9.83. The van der Waals surface area contributed by atoms with Gasteiger partial charge < -0.3 is 25.0 Å². The fourth-order valence-electron chi connectivity index (χ4n) is 5.39. The third-order valence-corrected chi connectivity index (χ3v) is 11.3. The zero-order valence-corrected chi connectivity index (χ0v) is 26.4. The van der Waals surface area contributed by atoms with Gasteiger partial charge in [-0.25, -0.2) is 14.8 Å². The molecular formula is C30H45N5O5S. The molecule has 1 aromatic heterocycles. The summed E-state index contributed by atoms with van der Waals surface area (Å²) in [6.07, 6.45) is 9.42. The van der Waals surface area contributed by atoms with E-state index in [-0.39, 0.29) is 36.1 Å². The Morgan fingerprint density at radius 1 is 1.12 bits per heavy atom. The molecule has 2 aromatic rings. The zero-order valence-electron chi connectivity index (χ0n) is 25.6. The largest absolute Gasteiger partial charge is 0.438 e. The number of carbonyl (C=O) groups excluding carboxylic acids is 3. The highest BCUT2D eigenvalue weighted by molar-refractivity contribution is 8.33. The molecule has 3 N–H and O–H groups in total. The van der Waals surface area contributed by atoms with Gasteiger partial charge in [0.15, 0.2) is 12.6 Å². The molecule has 0 unspecified atom stereocenters. The van der Waals surface area contributed by atoms with Crippen LogP contribution in [0.2, 0.25) is 0 Å². The van der Waals surface area contributed by atoms with Crippen LogP contribution in [-0.4, -0.2) is 69.9 Å². The van der Waals surface area contributed by atoms with Crippen LogP contribution in [0, 0.1) is 5.41 Å². The Hall–Kier alpha value is -3.05. The molecule has 2 aliphatic rings. The van der Waals surface area contributed by atoms with E-state index in [1.54, 1.807) is 25.7 Å². The van der Waals surface area contributed by atoms with E-state index in [1.165, 1.54) is 0 Å². The maximum absolute atomic E-state index is 13.7. The van der Waals surface area contributed by atoms with Crippen LogP contribution in [0.1, 0.15) is 76.7 Å². The molecule has 2 heterocycles. The van der Waals surface area contributed by atoms with Gasteiger partial charge in [0.1, 0.15) is 0 Å². The number of aromatic amines is 1. The Morgan fingerprint density at radius 3 is 2.34 bits per heavy atom. The maximum Gasteiger partial charge on any atom is 0.319 e. The van der Waals surface area contributed by atoms with Crippen molar-refractivity contribution in [2.45, 2.75) is 76.8 Å². The lowest BCUT2D eigenvalue weighted by Crippen LogP contribution is -2.51. The van der Waals surface area contributed by atoms with Gasteiger partial charge >= 0.3 is 12.0 Å². The van der Waals surface area contributed by atoms with Gasteiger partial charge in [-0.3, -0.25) is 14.7 Å². The van der Waals surface area contributed by atoms with Gasteiger partial charge in [0.2, 0.25) is 5.91 Å². The van der Waals surface area contributed by atoms with Gasteiger partial charge in [0, 0.05) is 5.56 Å². The summed E-state index contributed by atoms with van der Waals surface area (Å²) in [5.74, 6) is 0.156.